The third-order valence-electron chi connectivity index (χ3n) is 4.47. The zero-order valence-electron chi connectivity index (χ0n) is 14.5. The first kappa shape index (κ1) is 17.5. The average molecular weight is 354 g/mol. The average Bonchev–Trinajstić information content (AvgIpc) is 3.01. The summed E-state index contributed by atoms with van der Waals surface area (Å²) in [6.45, 7) is 1.51. The van der Waals surface area contributed by atoms with Gasteiger partial charge < -0.3 is 5.32 Å². The summed E-state index contributed by atoms with van der Waals surface area (Å²) in [5.41, 5.74) is 3.83. The highest BCUT2D eigenvalue weighted by atomic mass is 32.2. The molecule has 0 saturated carbocycles. The minimum absolute atomic E-state index is 0.110. The molecule has 2 aromatic carbocycles. The fraction of sp³-hybridized carbons (Fsp3) is 0.300. The maximum Gasteiger partial charge on any atom is 0.247 e. The minimum Gasteiger partial charge on any atom is -0.324 e. The topological polar surface area (TPSA) is 49.4 Å². The zero-order valence-corrected chi connectivity index (χ0v) is 15.3. The van der Waals surface area contributed by atoms with Crippen LogP contribution in [0.3, 0.4) is 0 Å². The van der Waals surface area contributed by atoms with Crippen LogP contribution in [0.1, 0.15) is 18.1 Å². The fourth-order valence-corrected chi connectivity index (χ4v) is 3.70. The summed E-state index contributed by atoms with van der Waals surface area (Å²) < 4.78 is 0. The molecule has 0 aliphatic carbocycles. The molecule has 0 spiro atoms. The molecule has 0 saturated heterocycles. The first-order chi connectivity index (χ1) is 12.1. The molecular formula is C20H22N2O2S. The summed E-state index contributed by atoms with van der Waals surface area (Å²) in [6, 6.07) is 15.1. The number of nitrogens with zero attached hydrogens (tertiary/aromatic N) is 1. The number of amides is 2. The molecule has 4 nitrogen and oxygen atoms in total. The van der Waals surface area contributed by atoms with Crippen molar-refractivity contribution in [2.75, 3.05) is 22.2 Å². The van der Waals surface area contributed by atoms with Crippen LogP contribution < -0.4 is 10.2 Å². The minimum atomic E-state index is -0.497. The number of carbonyl (C=O) groups excluding carboxylic acids is 2. The molecule has 1 heterocycles. The highest BCUT2D eigenvalue weighted by molar-refractivity contribution is 7.98. The van der Waals surface area contributed by atoms with Crippen molar-refractivity contribution in [3.63, 3.8) is 0 Å². The van der Waals surface area contributed by atoms with Crippen molar-refractivity contribution in [2.45, 2.75) is 25.8 Å². The van der Waals surface area contributed by atoms with Gasteiger partial charge in [-0.2, -0.15) is 11.8 Å². The Morgan fingerprint density at radius 2 is 1.88 bits per heavy atom. The molecule has 2 amide bonds. The molecule has 0 fully saturated rings. The Morgan fingerprint density at radius 3 is 2.64 bits per heavy atom. The SMILES string of the molecule is CSCCc1ccccc1NC(=O)[C@@H]1Cc2ccccc2N1C(C)=O. The lowest BCUT2D eigenvalue weighted by Gasteiger charge is -2.24. The fourth-order valence-electron chi connectivity index (χ4n) is 3.27. The third-order valence-corrected chi connectivity index (χ3v) is 5.08. The van der Waals surface area contributed by atoms with Gasteiger partial charge in [-0.05, 0) is 41.7 Å². The number of hydrogen-bond donors (Lipinski definition) is 1. The number of anilines is 2. The van der Waals surface area contributed by atoms with E-state index in [-0.39, 0.29) is 11.8 Å². The van der Waals surface area contributed by atoms with E-state index in [1.807, 2.05) is 48.5 Å². The van der Waals surface area contributed by atoms with Crippen LogP contribution in [0, 0.1) is 0 Å². The second-order valence-corrected chi connectivity index (χ2v) is 7.11. The summed E-state index contributed by atoms with van der Waals surface area (Å²) >= 11 is 1.78. The van der Waals surface area contributed by atoms with Gasteiger partial charge >= 0.3 is 0 Å². The quantitative estimate of drug-likeness (QED) is 0.894. The molecule has 0 bridgehead atoms. The normalized spacial score (nSPS) is 15.8. The van der Waals surface area contributed by atoms with Gasteiger partial charge in [-0.15, -0.1) is 0 Å². The van der Waals surface area contributed by atoms with E-state index in [4.69, 9.17) is 0 Å². The maximum atomic E-state index is 12.9. The van der Waals surface area contributed by atoms with E-state index in [1.165, 1.54) is 6.92 Å². The number of carbonyl (C=O) groups is 2. The Hall–Kier alpha value is -2.27. The van der Waals surface area contributed by atoms with Crippen molar-refractivity contribution in [3.05, 3.63) is 59.7 Å². The van der Waals surface area contributed by atoms with Crippen LogP contribution in [0.15, 0.2) is 48.5 Å². The van der Waals surface area contributed by atoms with Crippen LogP contribution in [0.4, 0.5) is 11.4 Å². The molecule has 0 aromatic heterocycles. The standard InChI is InChI=1S/C20H22N2O2S/c1-14(23)22-18-10-6-4-8-16(18)13-19(22)20(24)21-17-9-5-3-7-15(17)11-12-25-2/h3-10,19H,11-13H2,1-2H3,(H,21,24)/t19-/m0/s1. The smallest absolute Gasteiger partial charge is 0.247 e. The van der Waals surface area contributed by atoms with Crippen LogP contribution in [-0.2, 0) is 22.4 Å². The lowest BCUT2D eigenvalue weighted by Crippen LogP contribution is -2.44. The molecule has 0 unspecified atom stereocenters. The second kappa shape index (κ2) is 7.74. The van der Waals surface area contributed by atoms with Gasteiger partial charge in [0, 0.05) is 24.7 Å². The molecule has 1 aliphatic heterocycles. The van der Waals surface area contributed by atoms with Crippen molar-refractivity contribution < 1.29 is 9.59 Å². The van der Waals surface area contributed by atoms with Crippen molar-refractivity contribution in [2.24, 2.45) is 0 Å². The number of fused-ring (bicyclic) bond motifs is 1. The molecule has 1 atom stereocenters. The van der Waals surface area contributed by atoms with E-state index < -0.39 is 6.04 Å². The number of hydrogen-bond acceptors (Lipinski definition) is 3. The molecule has 3 rings (SSSR count). The van der Waals surface area contributed by atoms with E-state index in [0.717, 1.165) is 34.7 Å². The highest BCUT2D eigenvalue weighted by Gasteiger charge is 2.36. The summed E-state index contributed by atoms with van der Waals surface area (Å²) in [4.78, 5) is 26.6. The lowest BCUT2D eigenvalue weighted by atomic mass is 10.1. The van der Waals surface area contributed by atoms with Crippen LogP contribution >= 0.6 is 11.8 Å². The van der Waals surface area contributed by atoms with Gasteiger partial charge in [-0.1, -0.05) is 36.4 Å². The third kappa shape index (κ3) is 3.71. The van der Waals surface area contributed by atoms with Gasteiger partial charge in [0.1, 0.15) is 6.04 Å². The Kier molecular flexibility index (Phi) is 5.43. The summed E-state index contributed by atoms with van der Waals surface area (Å²) in [6.07, 6.45) is 3.52. The number of para-hydroxylation sites is 2. The predicted molar refractivity (Wildman–Crippen MR) is 104 cm³/mol. The van der Waals surface area contributed by atoms with Crippen molar-refractivity contribution >= 4 is 35.0 Å². The zero-order chi connectivity index (χ0) is 17.8. The Labute approximate surface area is 152 Å². The monoisotopic (exact) mass is 354 g/mol. The largest absolute Gasteiger partial charge is 0.324 e. The number of aryl methyl sites for hydroxylation is 1. The van der Waals surface area contributed by atoms with Gasteiger partial charge in [-0.3, -0.25) is 14.5 Å². The van der Waals surface area contributed by atoms with Gasteiger partial charge in [0.15, 0.2) is 0 Å². The molecule has 5 heteroatoms. The molecule has 1 aliphatic rings. The van der Waals surface area contributed by atoms with Crippen molar-refractivity contribution in [1.29, 1.82) is 0 Å². The number of thioether (sulfide) groups is 1. The van der Waals surface area contributed by atoms with E-state index in [0.29, 0.717) is 6.42 Å². The molecule has 1 N–H and O–H groups in total. The van der Waals surface area contributed by atoms with Crippen LogP contribution in [0.25, 0.3) is 0 Å². The molecular weight excluding hydrogens is 332 g/mol. The maximum absolute atomic E-state index is 12.9. The number of benzene rings is 2. The van der Waals surface area contributed by atoms with Crippen molar-refractivity contribution in [1.82, 2.24) is 0 Å². The van der Waals surface area contributed by atoms with Crippen molar-refractivity contribution in [3.8, 4) is 0 Å². The van der Waals surface area contributed by atoms with E-state index in [2.05, 4.69) is 11.6 Å². The number of nitrogens with one attached hydrogen (secondary N) is 1. The van der Waals surface area contributed by atoms with Gasteiger partial charge in [-0.25, -0.2) is 0 Å². The van der Waals surface area contributed by atoms with Crippen LogP contribution in [0.5, 0.6) is 0 Å². The Bertz CT molecular complexity index is 791. The van der Waals surface area contributed by atoms with Gasteiger partial charge in [0.2, 0.25) is 11.8 Å². The first-order valence-electron chi connectivity index (χ1n) is 8.37. The molecule has 25 heavy (non-hydrogen) atoms. The molecule has 2 aromatic rings. The van der Waals surface area contributed by atoms with Crippen LogP contribution in [-0.4, -0.2) is 29.9 Å². The van der Waals surface area contributed by atoms with E-state index >= 15 is 0 Å². The summed E-state index contributed by atoms with van der Waals surface area (Å²) in [5, 5.41) is 3.04. The van der Waals surface area contributed by atoms with Gasteiger partial charge in [0.25, 0.3) is 0 Å². The molecule has 0 radical (unpaired) electrons. The Balaban J connectivity index is 1.81. The first-order valence-corrected chi connectivity index (χ1v) is 9.76. The van der Waals surface area contributed by atoms with E-state index in [9.17, 15) is 9.59 Å². The Morgan fingerprint density at radius 1 is 1.16 bits per heavy atom. The predicted octanol–water partition coefficient (Wildman–Crippen LogP) is 3.51. The van der Waals surface area contributed by atoms with Crippen LogP contribution in [0.2, 0.25) is 0 Å². The summed E-state index contributed by atoms with van der Waals surface area (Å²) in [7, 11) is 0. The second-order valence-electron chi connectivity index (χ2n) is 6.13. The van der Waals surface area contributed by atoms with Gasteiger partial charge in [0.05, 0.1) is 0 Å². The number of rotatable bonds is 5. The lowest BCUT2D eigenvalue weighted by molar-refractivity contribution is -0.122. The molecule has 130 valence electrons. The van der Waals surface area contributed by atoms with E-state index in [1.54, 1.807) is 16.7 Å². The highest BCUT2D eigenvalue weighted by Crippen LogP contribution is 2.32. The summed E-state index contributed by atoms with van der Waals surface area (Å²) in [5.74, 6) is 0.755.